The number of rotatable bonds is 5. The van der Waals surface area contributed by atoms with Crippen molar-refractivity contribution >= 4 is 45.1 Å². The molecule has 82 valence electrons. The average molecular weight is 308 g/mol. The summed E-state index contributed by atoms with van der Waals surface area (Å²) >= 11 is 10.6. The number of halogens is 2. The van der Waals surface area contributed by atoms with E-state index in [1.807, 2.05) is 24.5 Å². The van der Waals surface area contributed by atoms with Gasteiger partial charge in [0.1, 0.15) is 0 Å². The summed E-state index contributed by atoms with van der Waals surface area (Å²) in [6.07, 6.45) is 2.51. The molecular weight excluding hydrogens is 296 g/mol. The quantitative estimate of drug-likeness (QED) is 0.462. The zero-order chi connectivity index (χ0) is 11.3. The lowest BCUT2D eigenvalue weighted by atomic mass is 10.1. The molecule has 1 aromatic carbocycles. The van der Waals surface area contributed by atoms with E-state index in [-0.39, 0.29) is 5.78 Å². The van der Waals surface area contributed by atoms with Crippen LogP contribution in [0.25, 0.3) is 0 Å². The zero-order valence-corrected chi connectivity index (χ0v) is 11.6. The Bertz CT molecular complexity index is 354. The lowest BCUT2D eigenvalue weighted by Gasteiger charge is -2.07. The van der Waals surface area contributed by atoms with Crippen LogP contribution in [-0.2, 0) is 5.88 Å². The van der Waals surface area contributed by atoms with Gasteiger partial charge >= 0.3 is 0 Å². The van der Waals surface area contributed by atoms with E-state index in [9.17, 15) is 4.79 Å². The third kappa shape index (κ3) is 3.51. The molecule has 0 fully saturated rings. The van der Waals surface area contributed by atoms with Crippen LogP contribution in [0, 0.1) is 0 Å². The van der Waals surface area contributed by atoms with Crippen molar-refractivity contribution in [3.63, 3.8) is 0 Å². The second-order valence-corrected chi connectivity index (χ2v) is 4.94. The smallest absolute Gasteiger partial charge is 0.164 e. The Hall–Kier alpha value is 0.01000. The van der Waals surface area contributed by atoms with Crippen molar-refractivity contribution in [1.29, 1.82) is 0 Å². The molecule has 0 aromatic heterocycles. The van der Waals surface area contributed by atoms with E-state index in [1.165, 1.54) is 0 Å². The van der Waals surface area contributed by atoms with Crippen LogP contribution in [0.3, 0.4) is 0 Å². The van der Waals surface area contributed by atoms with E-state index in [1.54, 1.807) is 11.8 Å². The van der Waals surface area contributed by atoms with Gasteiger partial charge in [-0.1, -0.05) is 22.0 Å². The first-order chi connectivity index (χ1) is 7.22. The molecule has 0 aliphatic heterocycles. The highest BCUT2D eigenvalue weighted by molar-refractivity contribution is 9.09. The fourth-order valence-electron chi connectivity index (χ4n) is 1.27. The molecule has 4 heteroatoms. The topological polar surface area (TPSA) is 17.1 Å². The normalized spacial score (nSPS) is 10.3. The molecule has 0 spiro atoms. The summed E-state index contributed by atoms with van der Waals surface area (Å²) in [6, 6.07) is 5.77. The predicted octanol–water partition coefficient (Wildman–Crippen LogP) is 4.12. The van der Waals surface area contributed by atoms with Crippen LogP contribution in [0.4, 0.5) is 0 Å². The third-order valence-corrected chi connectivity index (χ3v) is 3.52. The van der Waals surface area contributed by atoms with Crippen molar-refractivity contribution in [3.05, 3.63) is 29.3 Å². The van der Waals surface area contributed by atoms with E-state index < -0.39 is 0 Å². The highest BCUT2D eigenvalue weighted by Crippen LogP contribution is 2.24. The lowest BCUT2D eigenvalue weighted by molar-refractivity contribution is 0.0987. The number of Topliss-reactive ketones (excluding diaryl/α,β-unsaturated/α-hetero) is 1. The van der Waals surface area contributed by atoms with Gasteiger partial charge in [-0.15, -0.1) is 23.4 Å². The van der Waals surface area contributed by atoms with Crippen LogP contribution in [0.2, 0.25) is 0 Å². The monoisotopic (exact) mass is 306 g/mol. The standard InChI is InChI=1S/C11H12BrClOS/c1-15-11-6-8(7-13)2-3-9(11)10(14)4-5-12/h2-3,6H,4-5,7H2,1H3. The number of hydrogen-bond acceptors (Lipinski definition) is 2. The van der Waals surface area contributed by atoms with Gasteiger partial charge < -0.3 is 0 Å². The van der Waals surface area contributed by atoms with Gasteiger partial charge in [0.15, 0.2) is 5.78 Å². The van der Waals surface area contributed by atoms with E-state index in [2.05, 4.69) is 15.9 Å². The summed E-state index contributed by atoms with van der Waals surface area (Å²) in [5.41, 5.74) is 1.85. The molecule has 0 aliphatic rings. The molecule has 0 saturated heterocycles. The summed E-state index contributed by atoms with van der Waals surface area (Å²) in [5, 5.41) is 0.705. The van der Waals surface area contributed by atoms with Gasteiger partial charge in [-0.3, -0.25) is 4.79 Å². The fraction of sp³-hybridized carbons (Fsp3) is 0.364. The number of benzene rings is 1. The first kappa shape index (κ1) is 13.1. The Morgan fingerprint density at radius 1 is 1.53 bits per heavy atom. The molecule has 15 heavy (non-hydrogen) atoms. The van der Waals surface area contributed by atoms with Crippen LogP contribution in [0.1, 0.15) is 22.3 Å². The van der Waals surface area contributed by atoms with Crippen molar-refractivity contribution in [2.45, 2.75) is 17.2 Å². The predicted molar refractivity (Wildman–Crippen MR) is 70.5 cm³/mol. The molecule has 0 saturated carbocycles. The second-order valence-electron chi connectivity index (χ2n) is 3.03. The largest absolute Gasteiger partial charge is 0.294 e. The number of thioether (sulfide) groups is 1. The number of carbonyl (C=O) groups excluding carboxylic acids is 1. The SMILES string of the molecule is CSc1cc(CCl)ccc1C(=O)CCBr. The molecule has 1 aromatic rings. The fourth-order valence-corrected chi connectivity index (χ4v) is 2.47. The van der Waals surface area contributed by atoms with Gasteiger partial charge in [-0.2, -0.15) is 0 Å². The average Bonchev–Trinajstić information content (AvgIpc) is 2.28. The van der Waals surface area contributed by atoms with Gasteiger partial charge in [0, 0.05) is 28.1 Å². The molecule has 0 radical (unpaired) electrons. The molecule has 0 atom stereocenters. The Kier molecular flexibility index (Phi) is 5.72. The molecule has 0 aliphatic carbocycles. The van der Waals surface area contributed by atoms with Gasteiger partial charge in [0.2, 0.25) is 0 Å². The minimum absolute atomic E-state index is 0.178. The van der Waals surface area contributed by atoms with Crippen molar-refractivity contribution in [1.82, 2.24) is 0 Å². The first-order valence-electron chi connectivity index (χ1n) is 4.55. The maximum atomic E-state index is 11.7. The maximum Gasteiger partial charge on any atom is 0.164 e. The van der Waals surface area contributed by atoms with E-state index >= 15 is 0 Å². The molecule has 1 nitrogen and oxygen atoms in total. The maximum absolute atomic E-state index is 11.7. The lowest BCUT2D eigenvalue weighted by Crippen LogP contribution is -2.02. The van der Waals surface area contributed by atoms with Crippen molar-refractivity contribution in [2.75, 3.05) is 11.6 Å². The molecular formula is C11H12BrClOS. The Morgan fingerprint density at radius 2 is 2.27 bits per heavy atom. The minimum atomic E-state index is 0.178. The Labute approximate surface area is 108 Å². The van der Waals surface area contributed by atoms with Gasteiger partial charge in [-0.05, 0) is 24.0 Å². The molecule has 0 amide bonds. The summed E-state index contributed by atoms with van der Waals surface area (Å²) in [6.45, 7) is 0. The molecule has 0 bridgehead atoms. The number of ketones is 1. The minimum Gasteiger partial charge on any atom is -0.294 e. The van der Waals surface area contributed by atoms with Crippen molar-refractivity contribution in [3.8, 4) is 0 Å². The number of alkyl halides is 2. The highest BCUT2D eigenvalue weighted by atomic mass is 79.9. The summed E-state index contributed by atoms with van der Waals surface area (Å²) < 4.78 is 0. The van der Waals surface area contributed by atoms with Crippen LogP contribution in [0.5, 0.6) is 0 Å². The first-order valence-corrected chi connectivity index (χ1v) is 7.43. The van der Waals surface area contributed by atoms with Gasteiger partial charge in [0.05, 0.1) is 0 Å². The van der Waals surface area contributed by atoms with Gasteiger partial charge in [-0.25, -0.2) is 0 Å². The van der Waals surface area contributed by atoms with Crippen molar-refractivity contribution in [2.24, 2.45) is 0 Å². The molecule has 0 heterocycles. The van der Waals surface area contributed by atoms with Gasteiger partial charge in [0.25, 0.3) is 0 Å². The van der Waals surface area contributed by atoms with E-state index in [0.29, 0.717) is 17.6 Å². The van der Waals surface area contributed by atoms with Crippen LogP contribution >= 0.6 is 39.3 Å². The Balaban J connectivity index is 3.02. The summed E-state index contributed by atoms with van der Waals surface area (Å²) in [5.74, 6) is 0.665. The van der Waals surface area contributed by atoms with Crippen LogP contribution in [-0.4, -0.2) is 17.4 Å². The molecule has 0 N–H and O–H groups in total. The third-order valence-electron chi connectivity index (χ3n) is 2.04. The second kappa shape index (κ2) is 6.56. The van der Waals surface area contributed by atoms with E-state index in [0.717, 1.165) is 16.0 Å². The summed E-state index contributed by atoms with van der Waals surface area (Å²) in [4.78, 5) is 12.8. The van der Waals surface area contributed by atoms with Crippen LogP contribution in [0.15, 0.2) is 23.1 Å². The van der Waals surface area contributed by atoms with Crippen LogP contribution < -0.4 is 0 Å². The number of hydrogen-bond donors (Lipinski definition) is 0. The molecule has 0 unspecified atom stereocenters. The Morgan fingerprint density at radius 3 is 2.80 bits per heavy atom. The zero-order valence-electron chi connectivity index (χ0n) is 8.43. The molecule has 1 rings (SSSR count). The van der Waals surface area contributed by atoms with Crippen molar-refractivity contribution < 1.29 is 4.79 Å². The van der Waals surface area contributed by atoms with E-state index in [4.69, 9.17) is 11.6 Å². The highest BCUT2D eigenvalue weighted by Gasteiger charge is 2.10. The summed E-state index contributed by atoms with van der Waals surface area (Å²) in [7, 11) is 0. The number of carbonyl (C=O) groups is 1.